The lowest BCUT2D eigenvalue weighted by Gasteiger charge is -2.21. The summed E-state index contributed by atoms with van der Waals surface area (Å²) in [6.45, 7) is 7.05. The van der Waals surface area contributed by atoms with Crippen molar-refractivity contribution in [2.75, 3.05) is 11.4 Å². The molecule has 2 aromatic heterocycles. The van der Waals surface area contributed by atoms with Gasteiger partial charge in [0.15, 0.2) is 5.13 Å². The highest BCUT2D eigenvalue weighted by Crippen LogP contribution is 2.34. The van der Waals surface area contributed by atoms with Gasteiger partial charge in [-0.1, -0.05) is 65.4 Å². The van der Waals surface area contributed by atoms with Gasteiger partial charge in [-0.3, -0.25) is 14.4 Å². The third-order valence-corrected chi connectivity index (χ3v) is 7.58. The third kappa shape index (κ3) is 4.31. The summed E-state index contributed by atoms with van der Waals surface area (Å²) in [6.07, 6.45) is 0.300. The van der Waals surface area contributed by atoms with Crippen molar-refractivity contribution < 1.29 is 4.79 Å². The van der Waals surface area contributed by atoms with E-state index in [1.807, 2.05) is 67.9 Å². The Morgan fingerprint density at radius 2 is 1.85 bits per heavy atom. The van der Waals surface area contributed by atoms with E-state index in [0.717, 1.165) is 43.5 Å². The van der Waals surface area contributed by atoms with E-state index in [0.29, 0.717) is 29.7 Å². The Bertz CT molecular complexity index is 1510. The van der Waals surface area contributed by atoms with Crippen molar-refractivity contribution in [1.29, 1.82) is 0 Å². The number of fused-ring (bicyclic) bond motifs is 2. The minimum atomic E-state index is 0.0145. The number of carbonyl (C=O) groups excluding carboxylic acids is 1. The van der Waals surface area contributed by atoms with Crippen LogP contribution < -0.4 is 4.90 Å². The zero-order valence-corrected chi connectivity index (χ0v) is 21.0. The summed E-state index contributed by atoms with van der Waals surface area (Å²) in [6, 6.07) is 20.2. The van der Waals surface area contributed by atoms with Crippen LogP contribution in [0.4, 0.5) is 5.13 Å². The van der Waals surface area contributed by atoms with Gasteiger partial charge in [0, 0.05) is 17.3 Å². The predicted molar refractivity (Wildman–Crippen MR) is 141 cm³/mol. The second-order valence-electron chi connectivity index (χ2n) is 8.53. The van der Waals surface area contributed by atoms with Gasteiger partial charge in [0.05, 0.1) is 28.9 Å². The summed E-state index contributed by atoms with van der Waals surface area (Å²) in [5.74, 6) is 0.0145. The van der Waals surface area contributed by atoms with Crippen molar-refractivity contribution in [3.05, 3.63) is 88.2 Å². The van der Waals surface area contributed by atoms with E-state index >= 15 is 0 Å². The van der Waals surface area contributed by atoms with Gasteiger partial charge in [-0.2, -0.15) is 5.10 Å². The predicted octanol–water partition coefficient (Wildman–Crippen LogP) is 6.50. The van der Waals surface area contributed by atoms with Gasteiger partial charge in [-0.25, -0.2) is 4.98 Å². The average molecular weight is 489 g/mol. The molecule has 0 aliphatic heterocycles. The Morgan fingerprint density at radius 1 is 1.06 bits per heavy atom. The molecule has 172 valence electrons. The highest BCUT2D eigenvalue weighted by molar-refractivity contribution is 7.22. The Labute approximate surface area is 207 Å². The first kappa shape index (κ1) is 22.6. The minimum Gasteiger partial charge on any atom is -0.286 e. The molecule has 0 bridgehead atoms. The number of amides is 1. The smallest absolute Gasteiger partial charge is 0.233 e. The average Bonchev–Trinajstić information content (AvgIpc) is 3.39. The molecule has 0 aliphatic rings. The van der Waals surface area contributed by atoms with E-state index in [4.69, 9.17) is 16.6 Å². The maximum atomic E-state index is 13.7. The Kier molecular flexibility index (Phi) is 6.11. The molecule has 7 heteroatoms. The standard InChI is InChI=1S/C27H25ClN4OS/c1-17-15-18(2)32(30-17)14-13-31(27-29-26-19(3)23(28)11-12-24(26)34-27)25(33)16-21-9-6-8-20-7-4-5-10-22(20)21/h4-12,15H,13-14,16H2,1-3H3. The zero-order valence-electron chi connectivity index (χ0n) is 19.4. The first-order valence-electron chi connectivity index (χ1n) is 11.2. The van der Waals surface area contributed by atoms with E-state index in [-0.39, 0.29) is 5.91 Å². The van der Waals surface area contributed by atoms with Crippen LogP contribution in [0.15, 0.2) is 60.7 Å². The van der Waals surface area contributed by atoms with E-state index in [2.05, 4.69) is 23.3 Å². The van der Waals surface area contributed by atoms with Gasteiger partial charge >= 0.3 is 0 Å². The van der Waals surface area contributed by atoms with Crippen LogP contribution in [0, 0.1) is 20.8 Å². The molecule has 0 saturated carbocycles. The molecule has 0 spiro atoms. The number of benzene rings is 3. The quantitative estimate of drug-likeness (QED) is 0.274. The van der Waals surface area contributed by atoms with Crippen LogP contribution in [-0.4, -0.2) is 27.2 Å². The molecule has 34 heavy (non-hydrogen) atoms. The van der Waals surface area contributed by atoms with Gasteiger partial charge in [0.1, 0.15) is 0 Å². The van der Waals surface area contributed by atoms with E-state index in [1.165, 1.54) is 11.3 Å². The maximum absolute atomic E-state index is 13.7. The number of hydrogen-bond acceptors (Lipinski definition) is 4. The van der Waals surface area contributed by atoms with E-state index < -0.39 is 0 Å². The Balaban J connectivity index is 1.51. The number of halogens is 1. The van der Waals surface area contributed by atoms with Gasteiger partial charge in [0.25, 0.3) is 0 Å². The molecule has 2 heterocycles. The van der Waals surface area contributed by atoms with Crippen molar-refractivity contribution >= 4 is 55.0 Å². The lowest BCUT2D eigenvalue weighted by Crippen LogP contribution is -2.35. The molecule has 0 unspecified atom stereocenters. The first-order chi connectivity index (χ1) is 16.4. The molecule has 0 aliphatic carbocycles. The number of thiazole rings is 1. The second kappa shape index (κ2) is 9.20. The molecule has 0 N–H and O–H groups in total. The molecule has 3 aromatic carbocycles. The number of anilines is 1. The normalized spacial score (nSPS) is 11.4. The summed E-state index contributed by atoms with van der Waals surface area (Å²) in [5, 5.41) is 8.17. The largest absolute Gasteiger partial charge is 0.286 e. The van der Waals surface area contributed by atoms with Gasteiger partial charge in [-0.15, -0.1) is 0 Å². The third-order valence-electron chi connectivity index (χ3n) is 6.13. The first-order valence-corrected chi connectivity index (χ1v) is 12.4. The van der Waals surface area contributed by atoms with Gasteiger partial charge in [0.2, 0.25) is 5.91 Å². The molecule has 0 fully saturated rings. The number of hydrogen-bond donors (Lipinski definition) is 0. The number of aromatic nitrogens is 3. The van der Waals surface area contributed by atoms with Crippen LogP contribution in [0.25, 0.3) is 21.0 Å². The highest BCUT2D eigenvalue weighted by atomic mass is 35.5. The highest BCUT2D eigenvalue weighted by Gasteiger charge is 2.22. The van der Waals surface area contributed by atoms with Crippen molar-refractivity contribution in [3.63, 3.8) is 0 Å². The van der Waals surface area contributed by atoms with Crippen molar-refractivity contribution in [1.82, 2.24) is 14.8 Å². The molecule has 0 atom stereocenters. The minimum absolute atomic E-state index is 0.0145. The molecule has 0 saturated heterocycles. The molecule has 1 amide bonds. The number of carbonyl (C=O) groups is 1. The maximum Gasteiger partial charge on any atom is 0.233 e. The lowest BCUT2D eigenvalue weighted by molar-refractivity contribution is -0.118. The molecular formula is C27H25ClN4OS. The molecule has 5 rings (SSSR count). The van der Waals surface area contributed by atoms with Gasteiger partial charge < -0.3 is 0 Å². The van der Waals surface area contributed by atoms with Crippen LogP contribution in [0.1, 0.15) is 22.5 Å². The SMILES string of the molecule is Cc1cc(C)n(CCN(C(=O)Cc2cccc3ccccc23)c2nc3c(C)c(Cl)ccc3s2)n1. The Hall–Kier alpha value is -3.22. The number of nitrogens with zero attached hydrogens (tertiary/aromatic N) is 4. The van der Waals surface area contributed by atoms with Crippen LogP contribution in [0.3, 0.4) is 0 Å². The zero-order chi connectivity index (χ0) is 23.8. The number of aryl methyl sites for hydroxylation is 3. The Morgan fingerprint density at radius 3 is 2.65 bits per heavy atom. The van der Waals surface area contributed by atoms with Crippen LogP contribution in [0.5, 0.6) is 0 Å². The van der Waals surface area contributed by atoms with Crippen molar-refractivity contribution in [2.24, 2.45) is 0 Å². The molecule has 0 radical (unpaired) electrons. The molecule has 5 nitrogen and oxygen atoms in total. The topological polar surface area (TPSA) is 51.0 Å². The van der Waals surface area contributed by atoms with Crippen LogP contribution >= 0.6 is 22.9 Å². The van der Waals surface area contributed by atoms with E-state index in [9.17, 15) is 4.79 Å². The fourth-order valence-corrected chi connectivity index (χ4v) is 5.55. The van der Waals surface area contributed by atoms with Gasteiger partial charge in [-0.05, 0) is 60.9 Å². The van der Waals surface area contributed by atoms with E-state index in [1.54, 1.807) is 4.90 Å². The summed E-state index contributed by atoms with van der Waals surface area (Å²) in [5.41, 5.74) is 4.84. The van der Waals surface area contributed by atoms with Crippen LogP contribution in [0.2, 0.25) is 5.02 Å². The second-order valence-corrected chi connectivity index (χ2v) is 9.94. The summed E-state index contributed by atoms with van der Waals surface area (Å²) in [4.78, 5) is 20.4. The van der Waals surface area contributed by atoms with Crippen molar-refractivity contribution in [2.45, 2.75) is 33.7 Å². The summed E-state index contributed by atoms with van der Waals surface area (Å²) in [7, 11) is 0. The monoisotopic (exact) mass is 488 g/mol. The summed E-state index contributed by atoms with van der Waals surface area (Å²) < 4.78 is 2.97. The summed E-state index contributed by atoms with van der Waals surface area (Å²) >= 11 is 7.86. The fraction of sp³-hybridized carbons (Fsp3) is 0.222. The fourth-order valence-electron chi connectivity index (χ4n) is 4.33. The van der Waals surface area contributed by atoms with Crippen molar-refractivity contribution in [3.8, 4) is 0 Å². The number of rotatable bonds is 6. The molecule has 5 aromatic rings. The van der Waals surface area contributed by atoms with Crippen LogP contribution in [-0.2, 0) is 17.8 Å². The lowest BCUT2D eigenvalue weighted by atomic mass is 10.0. The molecular weight excluding hydrogens is 464 g/mol.